The van der Waals surface area contributed by atoms with Crippen molar-refractivity contribution in [3.05, 3.63) is 72.2 Å². The summed E-state index contributed by atoms with van der Waals surface area (Å²) in [6, 6.07) is 10.0. The SMILES string of the molecule is Cc1ccc(N2CCC(NCc3ccc(-n4ccnc4)c(F)c3)CC2)nc1. The van der Waals surface area contributed by atoms with Crippen molar-refractivity contribution < 1.29 is 4.39 Å². The van der Waals surface area contributed by atoms with E-state index in [1.165, 1.54) is 5.56 Å². The van der Waals surface area contributed by atoms with Gasteiger partial charge in [0.05, 0.1) is 12.0 Å². The molecular formula is C21H24FN5. The standard InChI is InChI=1S/C21H24FN5/c1-16-2-5-21(25-13-16)26-9-6-18(7-10-26)24-14-17-3-4-20(19(22)12-17)27-11-8-23-15-27/h2-5,8,11-13,15,18,24H,6-7,9-10,14H2,1H3. The Morgan fingerprint density at radius 2 is 2.04 bits per heavy atom. The molecule has 27 heavy (non-hydrogen) atoms. The van der Waals surface area contributed by atoms with Crippen molar-refractivity contribution in [2.24, 2.45) is 0 Å². The summed E-state index contributed by atoms with van der Waals surface area (Å²) in [5.74, 6) is 0.823. The highest BCUT2D eigenvalue weighted by Gasteiger charge is 2.19. The Labute approximate surface area is 158 Å². The Bertz CT molecular complexity index is 868. The zero-order chi connectivity index (χ0) is 18.6. The number of piperidine rings is 1. The zero-order valence-corrected chi connectivity index (χ0v) is 15.5. The van der Waals surface area contributed by atoms with Gasteiger partial charge in [-0.25, -0.2) is 14.4 Å². The van der Waals surface area contributed by atoms with Crippen LogP contribution in [0.2, 0.25) is 0 Å². The third-order valence-corrected chi connectivity index (χ3v) is 5.10. The van der Waals surface area contributed by atoms with Crippen molar-refractivity contribution in [1.82, 2.24) is 19.9 Å². The number of pyridine rings is 1. The van der Waals surface area contributed by atoms with E-state index in [4.69, 9.17) is 0 Å². The average Bonchev–Trinajstić information content (AvgIpc) is 3.22. The summed E-state index contributed by atoms with van der Waals surface area (Å²) in [5, 5.41) is 3.57. The van der Waals surface area contributed by atoms with E-state index in [1.54, 1.807) is 35.4 Å². The van der Waals surface area contributed by atoms with E-state index in [2.05, 4.69) is 39.2 Å². The third-order valence-electron chi connectivity index (χ3n) is 5.10. The van der Waals surface area contributed by atoms with Gasteiger partial charge in [0.1, 0.15) is 11.6 Å². The molecule has 2 aromatic heterocycles. The number of halogens is 1. The minimum Gasteiger partial charge on any atom is -0.357 e. The van der Waals surface area contributed by atoms with Gasteiger partial charge in [0.25, 0.3) is 0 Å². The molecule has 0 atom stereocenters. The number of anilines is 1. The van der Waals surface area contributed by atoms with Gasteiger partial charge in [-0.05, 0) is 49.1 Å². The van der Waals surface area contributed by atoms with Crippen LogP contribution in [0.1, 0.15) is 24.0 Å². The van der Waals surface area contributed by atoms with Crippen LogP contribution >= 0.6 is 0 Å². The summed E-state index contributed by atoms with van der Waals surface area (Å²) in [6.45, 7) is 4.70. The van der Waals surface area contributed by atoms with Gasteiger partial charge >= 0.3 is 0 Å². The molecule has 0 radical (unpaired) electrons. The second-order valence-electron chi connectivity index (χ2n) is 7.09. The van der Waals surface area contributed by atoms with Crippen LogP contribution in [0.5, 0.6) is 0 Å². The molecule has 0 unspecified atom stereocenters. The summed E-state index contributed by atoms with van der Waals surface area (Å²) in [7, 11) is 0. The lowest BCUT2D eigenvalue weighted by molar-refractivity contribution is 0.412. The Hall–Kier alpha value is -2.73. The molecule has 0 spiro atoms. The van der Waals surface area contributed by atoms with Crippen LogP contribution in [-0.4, -0.2) is 33.7 Å². The molecule has 1 saturated heterocycles. The van der Waals surface area contributed by atoms with Crippen LogP contribution in [-0.2, 0) is 6.54 Å². The molecular weight excluding hydrogens is 341 g/mol. The molecule has 0 amide bonds. The van der Waals surface area contributed by atoms with Gasteiger partial charge in [-0.3, -0.25) is 0 Å². The lowest BCUT2D eigenvalue weighted by atomic mass is 10.0. The Kier molecular flexibility index (Phi) is 5.16. The second-order valence-corrected chi connectivity index (χ2v) is 7.09. The van der Waals surface area contributed by atoms with Gasteiger partial charge in [-0.15, -0.1) is 0 Å². The number of rotatable bonds is 5. The topological polar surface area (TPSA) is 46.0 Å². The molecule has 0 aliphatic carbocycles. The molecule has 140 valence electrons. The number of hydrogen-bond acceptors (Lipinski definition) is 4. The fraction of sp³-hybridized carbons (Fsp3) is 0.333. The first-order valence-electron chi connectivity index (χ1n) is 9.37. The molecule has 1 fully saturated rings. The Balaban J connectivity index is 1.30. The number of aryl methyl sites for hydroxylation is 1. The highest BCUT2D eigenvalue weighted by Crippen LogP contribution is 2.19. The van der Waals surface area contributed by atoms with Crippen molar-refractivity contribution in [2.45, 2.75) is 32.4 Å². The van der Waals surface area contributed by atoms with Crippen LogP contribution in [0.15, 0.2) is 55.2 Å². The van der Waals surface area contributed by atoms with Gasteiger partial charge in [0.2, 0.25) is 0 Å². The number of aromatic nitrogens is 3. The largest absolute Gasteiger partial charge is 0.357 e. The summed E-state index contributed by atoms with van der Waals surface area (Å²) in [6.07, 6.45) is 9.03. The van der Waals surface area contributed by atoms with Crippen LogP contribution in [0.3, 0.4) is 0 Å². The predicted octanol–water partition coefficient (Wildman–Crippen LogP) is 3.47. The minimum absolute atomic E-state index is 0.229. The molecule has 3 aromatic rings. The lowest BCUT2D eigenvalue weighted by Gasteiger charge is -2.33. The maximum Gasteiger partial charge on any atom is 0.147 e. The summed E-state index contributed by atoms with van der Waals surface area (Å²) < 4.78 is 16.0. The van der Waals surface area contributed by atoms with Crippen molar-refractivity contribution in [3.8, 4) is 5.69 Å². The smallest absolute Gasteiger partial charge is 0.147 e. The molecule has 3 heterocycles. The molecule has 0 saturated carbocycles. The van der Waals surface area contributed by atoms with Crippen molar-refractivity contribution >= 4 is 5.82 Å². The number of nitrogens with zero attached hydrogens (tertiary/aromatic N) is 4. The molecule has 1 aromatic carbocycles. The van der Waals surface area contributed by atoms with Crippen molar-refractivity contribution in [1.29, 1.82) is 0 Å². The van der Waals surface area contributed by atoms with Crippen LogP contribution in [0, 0.1) is 12.7 Å². The third kappa shape index (κ3) is 4.17. The predicted molar refractivity (Wildman–Crippen MR) is 105 cm³/mol. The highest BCUT2D eigenvalue weighted by molar-refractivity contribution is 5.40. The van der Waals surface area contributed by atoms with Gasteiger partial charge in [0, 0.05) is 44.3 Å². The second kappa shape index (κ2) is 7.88. The summed E-state index contributed by atoms with van der Waals surface area (Å²) in [5.41, 5.74) is 2.66. The maximum absolute atomic E-state index is 14.4. The molecule has 4 rings (SSSR count). The van der Waals surface area contributed by atoms with Crippen molar-refractivity contribution in [2.75, 3.05) is 18.0 Å². The number of nitrogens with one attached hydrogen (secondary N) is 1. The first-order valence-corrected chi connectivity index (χ1v) is 9.37. The highest BCUT2D eigenvalue weighted by atomic mass is 19.1. The van der Waals surface area contributed by atoms with Gasteiger partial charge < -0.3 is 14.8 Å². The quantitative estimate of drug-likeness (QED) is 0.752. The molecule has 5 nitrogen and oxygen atoms in total. The van der Waals surface area contributed by atoms with Crippen LogP contribution < -0.4 is 10.2 Å². The van der Waals surface area contributed by atoms with Crippen LogP contribution in [0.25, 0.3) is 5.69 Å². The number of benzene rings is 1. The van der Waals surface area contributed by atoms with E-state index >= 15 is 0 Å². The minimum atomic E-state index is -0.229. The van der Waals surface area contributed by atoms with E-state index in [0.717, 1.165) is 37.3 Å². The zero-order valence-electron chi connectivity index (χ0n) is 15.5. The first kappa shape index (κ1) is 17.7. The molecule has 1 aliphatic heterocycles. The van der Waals surface area contributed by atoms with Gasteiger partial charge in [0.15, 0.2) is 0 Å². The average molecular weight is 365 g/mol. The number of imidazole rings is 1. The molecule has 0 bridgehead atoms. The van der Waals surface area contributed by atoms with Gasteiger partial charge in [-0.2, -0.15) is 0 Å². The molecule has 6 heteroatoms. The normalized spacial score (nSPS) is 15.3. The van der Waals surface area contributed by atoms with Crippen molar-refractivity contribution in [3.63, 3.8) is 0 Å². The Morgan fingerprint density at radius 1 is 1.19 bits per heavy atom. The Morgan fingerprint density at radius 3 is 2.70 bits per heavy atom. The van der Waals surface area contributed by atoms with E-state index < -0.39 is 0 Å². The van der Waals surface area contributed by atoms with Gasteiger partial charge in [-0.1, -0.05) is 12.1 Å². The first-order chi connectivity index (χ1) is 13.2. The summed E-state index contributed by atoms with van der Waals surface area (Å²) in [4.78, 5) is 10.8. The fourth-order valence-electron chi connectivity index (χ4n) is 3.49. The van der Waals surface area contributed by atoms with Crippen LogP contribution in [0.4, 0.5) is 10.2 Å². The van der Waals surface area contributed by atoms with E-state index in [9.17, 15) is 4.39 Å². The van der Waals surface area contributed by atoms with E-state index in [-0.39, 0.29) is 5.82 Å². The fourth-order valence-corrected chi connectivity index (χ4v) is 3.49. The monoisotopic (exact) mass is 365 g/mol. The van der Waals surface area contributed by atoms with E-state index in [0.29, 0.717) is 18.3 Å². The van der Waals surface area contributed by atoms with E-state index in [1.807, 2.05) is 12.3 Å². The molecule has 1 aliphatic rings. The lowest BCUT2D eigenvalue weighted by Crippen LogP contribution is -2.42. The molecule has 1 N–H and O–H groups in total. The number of hydrogen-bond donors (Lipinski definition) is 1. The summed E-state index contributed by atoms with van der Waals surface area (Å²) >= 11 is 0. The maximum atomic E-state index is 14.4.